The number of rotatable bonds is 6. The average Bonchev–Trinajstić information content (AvgIpc) is 2.14. The number of halogens is 3. The number of hydrogen-bond acceptors (Lipinski definition) is 3. The Morgan fingerprint density at radius 3 is 2.18 bits per heavy atom. The summed E-state index contributed by atoms with van der Waals surface area (Å²) >= 11 is 0. The molecule has 0 aliphatic carbocycles. The Morgan fingerprint density at radius 1 is 1.29 bits per heavy atom. The Labute approximate surface area is 108 Å². The molecule has 0 saturated carbocycles. The molecule has 0 radical (unpaired) electrons. The Morgan fingerprint density at radius 2 is 1.82 bits per heavy atom. The van der Waals surface area contributed by atoms with Crippen LogP contribution in [-0.2, 0) is 9.59 Å². The van der Waals surface area contributed by atoms with E-state index >= 15 is 0 Å². The van der Waals surface area contributed by atoms with Gasteiger partial charge in [-0.3, -0.25) is 4.79 Å². The van der Waals surface area contributed by atoms with Crippen molar-refractivity contribution in [1.82, 2.24) is 5.32 Å². The maximum absolute atomic E-state index is 11.8. The van der Waals surface area contributed by atoms with Crippen molar-refractivity contribution in [2.24, 2.45) is 5.73 Å². The molecule has 0 bridgehead atoms. The van der Waals surface area contributed by atoms with Gasteiger partial charge in [-0.25, -0.2) is 4.79 Å². The van der Waals surface area contributed by atoms with Crippen LogP contribution < -0.4 is 11.1 Å². The van der Waals surface area contributed by atoms with Crippen LogP contribution in [0.25, 0.3) is 0 Å². The molecule has 0 saturated heterocycles. The SMILES string of the molecule is NCCCC[C@H](NC(=O)C(F)(F)F)C(=O)O.[LiH]. The summed E-state index contributed by atoms with van der Waals surface area (Å²) in [5.41, 5.74) is 5.15. The summed E-state index contributed by atoms with van der Waals surface area (Å²) in [5.74, 6) is -3.73. The van der Waals surface area contributed by atoms with Gasteiger partial charge in [-0.15, -0.1) is 0 Å². The van der Waals surface area contributed by atoms with Gasteiger partial charge in [-0.1, -0.05) is 0 Å². The molecular weight excluding hydrogens is 236 g/mol. The second-order valence-corrected chi connectivity index (χ2v) is 3.15. The van der Waals surface area contributed by atoms with E-state index < -0.39 is 24.1 Å². The molecule has 0 aliphatic heterocycles. The first kappa shape index (κ1) is 18.6. The van der Waals surface area contributed by atoms with Gasteiger partial charge in [0.15, 0.2) is 0 Å². The van der Waals surface area contributed by atoms with Crippen molar-refractivity contribution in [3.63, 3.8) is 0 Å². The van der Waals surface area contributed by atoms with E-state index in [1.54, 1.807) is 0 Å². The zero-order valence-electron chi connectivity index (χ0n) is 8.38. The number of carbonyl (C=O) groups is 2. The van der Waals surface area contributed by atoms with Crippen LogP contribution in [0.3, 0.4) is 0 Å². The fraction of sp³-hybridized carbons (Fsp3) is 0.750. The monoisotopic (exact) mass is 250 g/mol. The molecule has 0 spiro atoms. The number of nitrogens with two attached hydrogens (primary N) is 1. The van der Waals surface area contributed by atoms with Gasteiger partial charge in [0.25, 0.3) is 0 Å². The van der Waals surface area contributed by atoms with Crippen molar-refractivity contribution in [1.29, 1.82) is 0 Å². The van der Waals surface area contributed by atoms with E-state index in [2.05, 4.69) is 0 Å². The van der Waals surface area contributed by atoms with Crippen molar-refractivity contribution in [3.8, 4) is 0 Å². The van der Waals surface area contributed by atoms with Crippen molar-refractivity contribution in [2.45, 2.75) is 31.5 Å². The summed E-state index contributed by atoms with van der Waals surface area (Å²) in [6.45, 7) is 0.319. The van der Waals surface area contributed by atoms with E-state index in [9.17, 15) is 22.8 Å². The van der Waals surface area contributed by atoms with Crippen molar-refractivity contribution >= 4 is 30.7 Å². The standard InChI is InChI=1S/C8H13F3N2O3.Li.H/c9-8(10,11)7(16)13-5(6(14)15)3-1-2-4-12;;/h5H,1-4,12H2,(H,13,16)(H,14,15);;/t5-;;/m0../s1. The summed E-state index contributed by atoms with van der Waals surface area (Å²) in [6, 6.07) is -1.53. The number of hydrogen-bond donors (Lipinski definition) is 3. The van der Waals surface area contributed by atoms with Crippen LogP contribution in [0.15, 0.2) is 0 Å². The molecule has 17 heavy (non-hydrogen) atoms. The molecule has 4 N–H and O–H groups in total. The number of carbonyl (C=O) groups excluding carboxylic acids is 1. The van der Waals surface area contributed by atoms with Crippen LogP contribution >= 0.6 is 0 Å². The van der Waals surface area contributed by atoms with Gasteiger partial charge in [0.2, 0.25) is 0 Å². The van der Waals surface area contributed by atoms with Crippen LogP contribution in [0.5, 0.6) is 0 Å². The third-order valence-corrected chi connectivity index (χ3v) is 1.81. The molecule has 0 fully saturated rings. The fourth-order valence-corrected chi connectivity index (χ4v) is 0.990. The molecule has 0 unspecified atom stereocenters. The van der Waals surface area contributed by atoms with Gasteiger partial charge in [0.05, 0.1) is 0 Å². The third-order valence-electron chi connectivity index (χ3n) is 1.81. The molecule has 1 amide bonds. The molecule has 0 heterocycles. The first-order valence-electron chi connectivity index (χ1n) is 4.59. The summed E-state index contributed by atoms with van der Waals surface area (Å²) in [5, 5.41) is 9.98. The van der Waals surface area contributed by atoms with Gasteiger partial charge < -0.3 is 16.2 Å². The molecule has 96 valence electrons. The minimum atomic E-state index is -5.07. The summed E-state index contributed by atoms with van der Waals surface area (Å²) < 4.78 is 35.5. The molecule has 1 atom stereocenters. The zero-order chi connectivity index (χ0) is 12.8. The predicted octanol–water partition coefficient (Wildman–Crippen LogP) is -0.401. The number of unbranched alkanes of at least 4 members (excludes halogenated alkanes) is 1. The first-order valence-corrected chi connectivity index (χ1v) is 4.59. The molecule has 0 rings (SSSR count). The number of amides is 1. The van der Waals surface area contributed by atoms with Crippen LogP contribution in [0.2, 0.25) is 0 Å². The number of nitrogens with one attached hydrogen (secondary N) is 1. The van der Waals surface area contributed by atoms with Gasteiger partial charge in [-0.05, 0) is 25.8 Å². The molecule has 0 aromatic carbocycles. The van der Waals surface area contributed by atoms with Crippen LogP contribution in [0.1, 0.15) is 19.3 Å². The fourth-order valence-electron chi connectivity index (χ4n) is 0.990. The van der Waals surface area contributed by atoms with E-state index in [0.717, 1.165) is 0 Å². The molecule has 0 aliphatic rings. The Kier molecular flexibility index (Phi) is 9.20. The Balaban J connectivity index is 0. The molecular formula is C8H14F3LiN2O3. The van der Waals surface area contributed by atoms with Gasteiger partial charge in [0.1, 0.15) is 6.04 Å². The zero-order valence-corrected chi connectivity index (χ0v) is 8.38. The molecule has 0 aromatic rings. The quantitative estimate of drug-likeness (QED) is 0.441. The Hall–Kier alpha value is -0.713. The summed E-state index contributed by atoms with van der Waals surface area (Å²) in [4.78, 5) is 21.0. The van der Waals surface area contributed by atoms with Gasteiger partial charge in [-0.2, -0.15) is 13.2 Å². The molecule has 5 nitrogen and oxygen atoms in total. The average molecular weight is 250 g/mol. The third kappa shape index (κ3) is 8.07. The van der Waals surface area contributed by atoms with E-state index in [1.807, 2.05) is 0 Å². The number of carboxylic acids is 1. The summed E-state index contributed by atoms with van der Waals surface area (Å²) in [7, 11) is 0. The number of aliphatic carboxylic acids is 1. The van der Waals surface area contributed by atoms with Gasteiger partial charge >= 0.3 is 36.9 Å². The Bertz CT molecular complexity index is 261. The van der Waals surface area contributed by atoms with Gasteiger partial charge in [0, 0.05) is 0 Å². The van der Waals surface area contributed by atoms with E-state index in [0.29, 0.717) is 19.4 Å². The normalized spacial score (nSPS) is 12.5. The second-order valence-electron chi connectivity index (χ2n) is 3.15. The van der Waals surface area contributed by atoms with Crippen LogP contribution in [-0.4, -0.2) is 54.6 Å². The first-order chi connectivity index (χ1) is 7.29. The van der Waals surface area contributed by atoms with E-state index in [-0.39, 0.29) is 25.3 Å². The van der Waals surface area contributed by atoms with Crippen molar-refractivity contribution < 1.29 is 27.9 Å². The van der Waals surface area contributed by atoms with Crippen LogP contribution in [0.4, 0.5) is 13.2 Å². The summed E-state index contributed by atoms with van der Waals surface area (Å²) in [6.07, 6.45) is -4.31. The van der Waals surface area contributed by atoms with Crippen molar-refractivity contribution in [2.75, 3.05) is 6.54 Å². The van der Waals surface area contributed by atoms with E-state index in [4.69, 9.17) is 10.8 Å². The van der Waals surface area contributed by atoms with E-state index in [1.165, 1.54) is 5.32 Å². The maximum atomic E-state index is 11.8. The van der Waals surface area contributed by atoms with Crippen molar-refractivity contribution in [3.05, 3.63) is 0 Å². The molecule has 9 heteroatoms. The predicted molar refractivity (Wildman–Crippen MR) is 55.7 cm³/mol. The topological polar surface area (TPSA) is 92.4 Å². The minimum absolute atomic E-state index is 0. The molecule has 0 aromatic heterocycles. The van der Waals surface area contributed by atoms with Crippen LogP contribution in [0, 0.1) is 0 Å². The number of alkyl halides is 3. The second kappa shape index (κ2) is 8.39. The number of carboxylic acid groups (broad SMARTS) is 1.